The van der Waals surface area contributed by atoms with Gasteiger partial charge in [-0.1, -0.05) is 33.6 Å². The Morgan fingerprint density at radius 2 is 2.11 bits per heavy atom. The second kappa shape index (κ2) is 7.38. The third-order valence-electron chi connectivity index (χ3n) is 2.63. The lowest BCUT2D eigenvalue weighted by atomic mass is 10.0. The monoisotopic (exact) mass is 340 g/mol. The number of hydrogen-bond acceptors (Lipinski definition) is 2. The van der Waals surface area contributed by atoms with E-state index < -0.39 is 6.43 Å². The summed E-state index contributed by atoms with van der Waals surface area (Å²) in [6, 6.07) is 5.25. The second-order valence-corrected chi connectivity index (χ2v) is 5.54. The molecule has 0 aromatic heterocycles. The number of alkyl halides is 2. The van der Waals surface area contributed by atoms with Gasteiger partial charge in [-0.3, -0.25) is 0 Å². The predicted octanol–water partition coefficient (Wildman–Crippen LogP) is 3.69. The number of rotatable bonds is 6. The molecular weight excluding hydrogens is 325 g/mol. The second-order valence-electron chi connectivity index (χ2n) is 4.21. The molecule has 0 saturated heterocycles. The van der Waals surface area contributed by atoms with E-state index in [0.717, 1.165) is 10.0 Å². The van der Waals surface area contributed by atoms with E-state index in [9.17, 15) is 8.78 Å². The third-order valence-corrected chi connectivity index (χ3v) is 3.45. The maximum absolute atomic E-state index is 12.1. The molecule has 0 heterocycles. The summed E-state index contributed by atoms with van der Waals surface area (Å²) in [5.41, 5.74) is 6.85. The van der Waals surface area contributed by atoms with Crippen molar-refractivity contribution in [2.75, 3.05) is 20.1 Å². The molecule has 0 bridgehead atoms. The molecule has 0 amide bonds. The van der Waals surface area contributed by atoms with Gasteiger partial charge in [0.15, 0.2) is 0 Å². The van der Waals surface area contributed by atoms with Crippen molar-refractivity contribution in [3.05, 3.63) is 33.3 Å². The molecule has 1 aromatic rings. The first kappa shape index (κ1) is 15.8. The zero-order valence-corrected chi connectivity index (χ0v) is 12.4. The molecule has 1 aromatic carbocycles. The fourth-order valence-electron chi connectivity index (χ4n) is 1.64. The fourth-order valence-corrected chi connectivity index (χ4v) is 2.46. The Morgan fingerprint density at radius 1 is 1.44 bits per heavy atom. The Labute approximate surface area is 119 Å². The van der Waals surface area contributed by atoms with E-state index in [1.54, 1.807) is 18.0 Å². The van der Waals surface area contributed by atoms with Crippen molar-refractivity contribution in [1.29, 1.82) is 0 Å². The van der Waals surface area contributed by atoms with Crippen molar-refractivity contribution in [1.82, 2.24) is 4.90 Å². The van der Waals surface area contributed by atoms with E-state index in [-0.39, 0.29) is 12.6 Å². The summed E-state index contributed by atoms with van der Waals surface area (Å²) < 4.78 is 25.2. The van der Waals surface area contributed by atoms with Crippen molar-refractivity contribution in [2.24, 2.45) is 5.73 Å². The van der Waals surface area contributed by atoms with Crippen LogP contribution in [0.15, 0.2) is 22.7 Å². The van der Waals surface area contributed by atoms with Crippen molar-refractivity contribution >= 4 is 27.5 Å². The van der Waals surface area contributed by atoms with Gasteiger partial charge in [0.1, 0.15) is 0 Å². The van der Waals surface area contributed by atoms with Gasteiger partial charge in [0, 0.05) is 15.5 Å². The van der Waals surface area contributed by atoms with Crippen LogP contribution in [0.3, 0.4) is 0 Å². The Kier molecular flexibility index (Phi) is 6.49. The molecule has 1 unspecified atom stereocenters. The van der Waals surface area contributed by atoms with Gasteiger partial charge in [0.25, 0.3) is 6.43 Å². The molecule has 2 N–H and O–H groups in total. The lowest BCUT2D eigenvalue weighted by Gasteiger charge is -2.19. The largest absolute Gasteiger partial charge is 0.324 e. The van der Waals surface area contributed by atoms with Crippen LogP contribution in [0.2, 0.25) is 5.02 Å². The van der Waals surface area contributed by atoms with E-state index in [1.807, 2.05) is 12.1 Å². The topological polar surface area (TPSA) is 29.3 Å². The maximum Gasteiger partial charge on any atom is 0.251 e. The first-order valence-electron chi connectivity index (χ1n) is 5.57. The van der Waals surface area contributed by atoms with Gasteiger partial charge in [0.2, 0.25) is 0 Å². The highest BCUT2D eigenvalue weighted by atomic mass is 79.9. The molecule has 0 saturated carbocycles. The van der Waals surface area contributed by atoms with Gasteiger partial charge in [-0.15, -0.1) is 0 Å². The van der Waals surface area contributed by atoms with Gasteiger partial charge >= 0.3 is 0 Å². The smallest absolute Gasteiger partial charge is 0.251 e. The van der Waals surface area contributed by atoms with E-state index in [4.69, 9.17) is 17.3 Å². The first-order valence-corrected chi connectivity index (χ1v) is 6.74. The van der Waals surface area contributed by atoms with Crippen LogP contribution in [0, 0.1) is 0 Å². The zero-order valence-electron chi connectivity index (χ0n) is 10.0. The molecule has 102 valence electrons. The Bertz CT molecular complexity index is 390. The Hall–Kier alpha value is -0.230. The number of benzene rings is 1. The molecule has 0 spiro atoms. The van der Waals surface area contributed by atoms with E-state index in [2.05, 4.69) is 15.9 Å². The number of nitrogens with two attached hydrogens (primary N) is 1. The SMILES string of the molecule is CN(CCC(N)c1ccc(Br)cc1Cl)CC(F)F. The number of halogens is 4. The summed E-state index contributed by atoms with van der Waals surface area (Å²) in [5, 5.41) is 0.591. The molecular formula is C12H16BrClF2N2. The highest BCUT2D eigenvalue weighted by Gasteiger charge is 2.13. The minimum Gasteiger partial charge on any atom is -0.324 e. The van der Waals surface area contributed by atoms with Gasteiger partial charge in [-0.05, 0) is 37.7 Å². The Balaban J connectivity index is 2.52. The van der Waals surface area contributed by atoms with E-state index >= 15 is 0 Å². The van der Waals surface area contributed by atoms with Crippen LogP contribution in [-0.2, 0) is 0 Å². The average Bonchev–Trinajstić information content (AvgIpc) is 2.25. The molecule has 18 heavy (non-hydrogen) atoms. The van der Waals surface area contributed by atoms with Gasteiger partial charge < -0.3 is 10.6 Å². The molecule has 0 aliphatic carbocycles. The van der Waals surface area contributed by atoms with Crippen LogP contribution in [0.4, 0.5) is 8.78 Å². The summed E-state index contributed by atoms with van der Waals surface area (Å²) in [4.78, 5) is 1.57. The molecule has 0 radical (unpaired) electrons. The van der Waals surface area contributed by atoms with Crippen molar-refractivity contribution in [2.45, 2.75) is 18.9 Å². The molecule has 1 rings (SSSR count). The van der Waals surface area contributed by atoms with E-state index in [0.29, 0.717) is 18.0 Å². The number of hydrogen-bond donors (Lipinski definition) is 1. The minimum atomic E-state index is -2.32. The number of nitrogens with zero attached hydrogens (tertiary/aromatic N) is 1. The van der Waals surface area contributed by atoms with Crippen LogP contribution < -0.4 is 5.73 Å². The molecule has 0 aliphatic rings. The van der Waals surface area contributed by atoms with Crippen molar-refractivity contribution < 1.29 is 8.78 Å². The lowest BCUT2D eigenvalue weighted by Crippen LogP contribution is -2.28. The lowest BCUT2D eigenvalue weighted by molar-refractivity contribution is 0.0990. The zero-order chi connectivity index (χ0) is 13.7. The van der Waals surface area contributed by atoms with Crippen LogP contribution in [0.5, 0.6) is 0 Å². The summed E-state index contributed by atoms with van der Waals surface area (Å²) in [5.74, 6) is 0. The van der Waals surface area contributed by atoms with Gasteiger partial charge in [-0.25, -0.2) is 8.78 Å². The van der Waals surface area contributed by atoms with Gasteiger partial charge in [0.05, 0.1) is 6.54 Å². The standard InChI is InChI=1S/C12H16BrClF2N2/c1-18(7-12(15)16)5-4-11(17)9-3-2-8(13)6-10(9)14/h2-3,6,11-12H,4-5,7,17H2,1H3. The molecule has 6 heteroatoms. The highest BCUT2D eigenvalue weighted by Crippen LogP contribution is 2.26. The minimum absolute atomic E-state index is 0.235. The van der Waals surface area contributed by atoms with Crippen molar-refractivity contribution in [3.63, 3.8) is 0 Å². The summed E-state index contributed by atoms with van der Waals surface area (Å²) in [6.07, 6.45) is -1.73. The van der Waals surface area contributed by atoms with E-state index in [1.165, 1.54) is 0 Å². The van der Waals surface area contributed by atoms with Gasteiger partial charge in [-0.2, -0.15) is 0 Å². The molecule has 0 aliphatic heterocycles. The average molecular weight is 342 g/mol. The quantitative estimate of drug-likeness (QED) is 0.855. The van der Waals surface area contributed by atoms with Crippen LogP contribution >= 0.6 is 27.5 Å². The third kappa shape index (κ3) is 5.18. The summed E-state index contributed by atoms with van der Waals surface area (Å²) in [6.45, 7) is 0.276. The molecule has 0 fully saturated rings. The highest BCUT2D eigenvalue weighted by molar-refractivity contribution is 9.10. The Morgan fingerprint density at radius 3 is 2.67 bits per heavy atom. The van der Waals surface area contributed by atoms with Crippen LogP contribution in [-0.4, -0.2) is 31.5 Å². The first-order chi connectivity index (χ1) is 8.40. The molecule has 1 atom stereocenters. The van der Waals surface area contributed by atoms with Crippen LogP contribution in [0.1, 0.15) is 18.0 Å². The molecule has 2 nitrogen and oxygen atoms in total. The summed E-state index contributed by atoms with van der Waals surface area (Å²) >= 11 is 9.40. The normalized spacial score (nSPS) is 13.3. The van der Waals surface area contributed by atoms with Crippen molar-refractivity contribution in [3.8, 4) is 0 Å². The fraction of sp³-hybridized carbons (Fsp3) is 0.500. The maximum atomic E-state index is 12.1. The summed E-state index contributed by atoms with van der Waals surface area (Å²) in [7, 11) is 1.65. The van der Waals surface area contributed by atoms with Crippen LogP contribution in [0.25, 0.3) is 0 Å². The predicted molar refractivity (Wildman–Crippen MR) is 74.2 cm³/mol.